The van der Waals surface area contributed by atoms with Gasteiger partial charge in [0.2, 0.25) is 5.91 Å². The maximum atomic E-state index is 14.7. The summed E-state index contributed by atoms with van der Waals surface area (Å²) < 4.78 is 0. The van der Waals surface area contributed by atoms with Crippen molar-refractivity contribution >= 4 is 52.4 Å². The summed E-state index contributed by atoms with van der Waals surface area (Å²) in [5.74, 6) is -1.99. The van der Waals surface area contributed by atoms with Crippen LogP contribution in [0.5, 0.6) is 0 Å². The van der Waals surface area contributed by atoms with E-state index in [1.165, 1.54) is 6.07 Å². The van der Waals surface area contributed by atoms with Crippen LogP contribution in [0.15, 0.2) is 103 Å². The minimum absolute atomic E-state index is 0.193. The number of halogens is 2. The Balaban J connectivity index is 1.55. The SMILES string of the molecule is O=C(c1ccc(Cl)cc1Cl)C1C(C(=O)c2ccccc2)C2(C(=O)Nc3ccccc32)C2c3ccccc3C=CN12. The number of rotatable bonds is 4. The number of anilines is 1. The van der Waals surface area contributed by atoms with E-state index < -0.39 is 23.4 Å². The summed E-state index contributed by atoms with van der Waals surface area (Å²) in [7, 11) is 0. The van der Waals surface area contributed by atoms with Crippen molar-refractivity contribution < 1.29 is 14.4 Å². The molecule has 4 aromatic rings. The van der Waals surface area contributed by atoms with E-state index in [9.17, 15) is 14.4 Å². The molecule has 7 heteroatoms. The lowest BCUT2D eigenvalue weighted by molar-refractivity contribution is -0.122. The van der Waals surface area contributed by atoms with Crippen LogP contribution in [0.2, 0.25) is 10.0 Å². The van der Waals surface area contributed by atoms with Gasteiger partial charge in [0, 0.05) is 28.0 Å². The molecule has 0 saturated carbocycles. The van der Waals surface area contributed by atoms with Crippen molar-refractivity contribution in [2.24, 2.45) is 5.92 Å². The molecule has 40 heavy (non-hydrogen) atoms. The number of hydrogen-bond donors (Lipinski definition) is 1. The van der Waals surface area contributed by atoms with Crippen LogP contribution >= 0.6 is 23.2 Å². The number of carbonyl (C=O) groups is 3. The molecule has 0 aliphatic carbocycles. The van der Waals surface area contributed by atoms with Crippen molar-refractivity contribution in [3.8, 4) is 0 Å². The third-order valence-corrected chi connectivity index (χ3v) is 8.92. The zero-order chi connectivity index (χ0) is 27.6. The van der Waals surface area contributed by atoms with Gasteiger partial charge >= 0.3 is 0 Å². The van der Waals surface area contributed by atoms with Gasteiger partial charge < -0.3 is 10.2 Å². The molecule has 1 spiro atoms. The maximum Gasteiger partial charge on any atom is 0.238 e. The number of carbonyl (C=O) groups excluding carboxylic acids is 3. The number of nitrogens with one attached hydrogen (secondary N) is 1. The van der Waals surface area contributed by atoms with Crippen molar-refractivity contribution in [3.05, 3.63) is 141 Å². The van der Waals surface area contributed by atoms with E-state index in [1.54, 1.807) is 36.4 Å². The Labute approximate surface area is 241 Å². The van der Waals surface area contributed by atoms with Crippen molar-refractivity contribution in [3.63, 3.8) is 0 Å². The molecule has 7 rings (SSSR count). The third-order valence-electron chi connectivity index (χ3n) is 8.38. The topological polar surface area (TPSA) is 66.5 Å². The lowest BCUT2D eigenvalue weighted by Crippen LogP contribution is -2.49. The minimum atomic E-state index is -1.39. The smallest absolute Gasteiger partial charge is 0.238 e. The molecule has 1 amide bonds. The molecule has 196 valence electrons. The lowest BCUT2D eigenvalue weighted by Gasteiger charge is -2.38. The Morgan fingerprint density at radius 3 is 2.35 bits per heavy atom. The van der Waals surface area contributed by atoms with Crippen LogP contribution < -0.4 is 5.32 Å². The summed E-state index contributed by atoms with van der Waals surface area (Å²) in [6.07, 6.45) is 3.77. The first-order valence-electron chi connectivity index (χ1n) is 13.0. The third kappa shape index (κ3) is 3.38. The van der Waals surface area contributed by atoms with E-state index in [0.717, 1.165) is 11.1 Å². The van der Waals surface area contributed by atoms with E-state index in [1.807, 2.05) is 71.8 Å². The second kappa shape index (κ2) is 9.19. The van der Waals surface area contributed by atoms with Crippen molar-refractivity contribution in [1.29, 1.82) is 0 Å². The molecular weight excluding hydrogens is 543 g/mol. The quantitative estimate of drug-likeness (QED) is 0.272. The van der Waals surface area contributed by atoms with Crippen molar-refractivity contribution in [2.75, 3.05) is 5.32 Å². The van der Waals surface area contributed by atoms with Gasteiger partial charge in [-0.2, -0.15) is 0 Å². The van der Waals surface area contributed by atoms with E-state index in [0.29, 0.717) is 21.8 Å². The van der Waals surface area contributed by atoms with Crippen LogP contribution in [0.1, 0.15) is 43.4 Å². The van der Waals surface area contributed by atoms with Crippen LogP contribution in [0, 0.1) is 5.92 Å². The standard InChI is InChI=1S/C33H22Cl2N2O3/c34-21-14-15-23(25(35)18-21)30(39)28-27(29(38)20-9-2-1-3-10-20)33(24-12-6-7-13-26(24)36-32(33)40)31-22-11-5-4-8-19(22)16-17-37(28)31/h1-18,27-28,31H,(H,36,40). The van der Waals surface area contributed by atoms with Crippen LogP contribution in [-0.4, -0.2) is 28.4 Å². The van der Waals surface area contributed by atoms with E-state index in [2.05, 4.69) is 5.32 Å². The van der Waals surface area contributed by atoms with Gasteiger partial charge in [-0.25, -0.2) is 0 Å². The Kier molecular flexibility index (Phi) is 5.70. The van der Waals surface area contributed by atoms with Crippen molar-refractivity contribution in [2.45, 2.75) is 17.5 Å². The number of fused-ring (bicyclic) bond motifs is 6. The molecule has 5 nitrogen and oxygen atoms in total. The van der Waals surface area contributed by atoms with E-state index >= 15 is 0 Å². The van der Waals surface area contributed by atoms with Gasteiger partial charge in [0.15, 0.2) is 11.6 Å². The summed E-state index contributed by atoms with van der Waals surface area (Å²) in [6, 6.07) is 27.2. The van der Waals surface area contributed by atoms with Crippen molar-refractivity contribution in [1.82, 2.24) is 4.90 Å². The van der Waals surface area contributed by atoms with Crippen LogP contribution in [-0.2, 0) is 10.2 Å². The zero-order valence-corrected chi connectivity index (χ0v) is 22.6. The summed E-state index contributed by atoms with van der Waals surface area (Å²) in [5, 5.41) is 3.64. The molecule has 3 aliphatic heterocycles. The number of ketones is 2. The number of benzene rings is 4. The molecule has 4 unspecified atom stereocenters. The monoisotopic (exact) mass is 564 g/mol. The highest BCUT2D eigenvalue weighted by atomic mass is 35.5. The number of Topliss-reactive ketones (excluding diaryl/α,β-unsaturated/α-hetero) is 2. The van der Waals surface area contributed by atoms with Crippen LogP contribution in [0.4, 0.5) is 5.69 Å². The molecule has 4 aromatic carbocycles. The first-order valence-corrected chi connectivity index (χ1v) is 13.7. The Morgan fingerprint density at radius 2 is 1.55 bits per heavy atom. The highest BCUT2D eigenvalue weighted by Gasteiger charge is 2.70. The van der Waals surface area contributed by atoms with Crippen LogP contribution in [0.3, 0.4) is 0 Å². The summed E-state index contributed by atoms with van der Waals surface area (Å²) in [5.41, 5.74) is 2.45. The normalized spacial score (nSPS) is 23.9. The van der Waals surface area contributed by atoms with E-state index in [-0.39, 0.29) is 28.1 Å². The predicted octanol–water partition coefficient (Wildman–Crippen LogP) is 6.98. The molecule has 3 heterocycles. The maximum absolute atomic E-state index is 14.7. The summed E-state index contributed by atoms with van der Waals surface area (Å²) >= 11 is 12.7. The van der Waals surface area contributed by atoms with Gasteiger partial charge in [-0.15, -0.1) is 0 Å². The van der Waals surface area contributed by atoms with Gasteiger partial charge in [-0.05, 0) is 47.0 Å². The highest BCUT2D eigenvalue weighted by molar-refractivity contribution is 6.37. The molecule has 0 bridgehead atoms. The molecule has 1 N–H and O–H groups in total. The molecule has 4 atom stereocenters. The highest BCUT2D eigenvalue weighted by Crippen LogP contribution is 2.62. The molecule has 1 fully saturated rings. The predicted molar refractivity (Wildman–Crippen MR) is 156 cm³/mol. The molecule has 0 radical (unpaired) electrons. The molecule has 3 aliphatic rings. The van der Waals surface area contributed by atoms with Gasteiger partial charge in [0.1, 0.15) is 11.5 Å². The summed E-state index contributed by atoms with van der Waals surface area (Å²) in [6.45, 7) is 0. The first-order chi connectivity index (χ1) is 19.4. The van der Waals surface area contributed by atoms with Crippen LogP contribution in [0.25, 0.3) is 6.08 Å². The largest absolute Gasteiger partial charge is 0.358 e. The molecule has 1 saturated heterocycles. The minimum Gasteiger partial charge on any atom is -0.358 e. The van der Waals surface area contributed by atoms with Gasteiger partial charge in [0.05, 0.1) is 17.0 Å². The fourth-order valence-corrected chi connectivity index (χ4v) is 7.30. The Hall–Kier alpha value is -4.19. The van der Waals surface area contributed by atoms with Gasteiger partial charge in [-0.3, -0.25) is 14.4 Å². The number of hydrogen-bond acceptors (Lipinski definition) is 4. The zero-order valence-electron chi connectivity index (χ0n) is 21.1. The number of nitrogens with zero attached hydrogens (tertiary/aromatic N) is 1. The average Bonchev–Trinajstić information content (AvgIpc) is 3.45. The molecular formula is C33H22Cl2N2O3. The lowest BCUT2D eigenvalue weighted by atomic mass is 9.62. The summed E-state index contributed by atoms with van der Waals surface area (Å²) in [4.78, 5) is 45.5. The average molecular weight is 565 g/mol. The van der Waals surface area contributed by atoms with E-state index in [4.69, 9.17) is 23.2 Å². The Morgan fingerprint density at radius 1 is 0.825 bits per heavy atom. The molecule has 0 aromatic heterocycles. The number of amides is 1. The first kappa shape index (κ1) is 24.8. The van der Waals surface area contributed by atoms with Gasteiger partial charge in [0.25, 0.3) is 0 Å². The fourth-order valence-electron chi connectivity index (χ4n) is 6.80. The Bertz CT molecular complexity index is 1750. The fraction of sp³-hybridized carbons (Fsp3) is 0.121. The second-order valence-electron chi connectivity index (χ2n) is 10.3. The number of para-hydroxylation sites is 1. The second-order valence-corrected chi connectivity index (χ2v) is 11.1. The van der Waals surface area contributed by atoms with Gasteiger partial charge in [-0.1, -0.05) is 96.0 Å².